The number of alkyl halides is 1. The normalized spacial score (nSPS) is 36.2. The molecule has 2 bridgehead atoms. The van der Waals surface area contributed by atoms with E-state index < -0.39 is 5.67 Å². The number of hydrogen-bond acceptors (Lipinski definition) is 1. The topological polar surface area (TPSA) is 12.0 Å². The van der Waals surface area contributed by atoms with Gasteiger partial charge in [0.2, 0.25) is 0 Å². The Morgan fingerprint density at radius 2 is 1.88 bits per heavy atom. The quantitative estimate of drug-likeness (QED) is 0.790. The first kappa shape index (κ1) is 11.1. The van der Waals surface area contributed by atoms with Gasteiger partial charge < -0.3 is 5.32 Å². The summed E-state index contributed by atoms with van der Waals surface area (Å²) in [4.78, 5) is 0. The number of piperidine rings is 1. The number of halogens is 2. The fourth-order valence-corrected chi connectivity index (χ4v) is 3.39. The Hall–Kier alpha value is -0.960. The molecule has 1 aromatic rings. The number of fused-ring (bicyclic) bond motifs is 2. The highest BCUT2D eigenvalue weighted by atomic mass is 19.1. The average Bonchev–Trinajstić information content (AvgIpc) is 2.62. The third-order valence-electron chi connectivity index (χ3n) is 4.16. The maximum atomic E-state index is 15.1. The van der Waals surface area contributed by atoms with Crippen molar-refractivity contribution in [3.8, 4) is 0 Å². The molecular formula is C14H17F2N. The third-order valence-corrected chi connectivity index (χ3v) is 4.16. The van der Waals surface area contributed by atoms with Gasteiger partial charge in [0, 0.05) is 24.9 Å². The molecule has 2 unspecified atom stereocenters. The zero-order chi connectivity index (χ0) is 12.0. The predicted octanol–water partition coefficient (Wildman–Crippen LogP) is 3.21. The minimum Gasteiger partial charge on any atom is -0.311 e. The summed E-state index contributed by atoms with van der Waals surface area (Å²) >= 11 is 0. The van der Waals surface area contributed by atoms with Crippen LogP contribution in [0.2, 0.25) is 0 Å². The van der Waals surface area contributed by atoms with Crippen LogP contribution in [-0.2, 0) is 5.67 Å². The molecule has 0 aromatic heterocycles. The number of rotatable bonds is 1. The van der Waals surface area contributed by atoms with Crippen molar-refractivity contribution in [1.29, 1.82) is 0 Å². The van der Waals surface area contributed by atoms with E-state index in [0.29, 0.717) is 18.4 Å². The van der Waals surface area contributed by atoms with Crippen LogP contribution in [-0.4, -0.2) is 12.1 Å². The maximum Gasteiger partial charge on any atom is 0.139 e. The monoisotopic (exact) mass is 237 g/mol. The van der Waals surface area contributed by atoms with Gasteiger partial charge in [-0.3, -0.25) is 0 Å². The Kier molecular flexibility index (Phi) is 2.47. The molecule has 2 saturated heterocycles. The van der Waals surface area contributed by atoms with Crippen LogP contribution in [0.25, 0.3) is 0 Å². The highest BCUT2D eigenvalue weighted by molar-refractivity contribution is 5.33. The van der Waals surface area contributed by atoms with Crippen molar-refractivity contribution in [3.63, 3.8) is 0 Å². The summed E-state index contributed by atoms with van der Waals surface area (Å²) < 4.78 is 28.4. The summed E-state index contributed by atoms with van der Waals surface area (Å²) in [5.41, 5.74) is 0.0644. The van der Waals surface area contributed by atoms with E-state index in [-0.39, 0.29) is 17.9 Å². The van der Waals surface area contributed by atoms with Gasteiger partial charge in [-0.2, -0.15) is 0 Å². The minimum atomic E-state index is -1.34. The van der Waals surface area contributed by atoms with Gasteiger partial charge in [0.1, 0.15) is 11.5 Å². The molecule has 1 aromatic carbocycles. The van der Waals surface area contributed by atoms with Gasteiger partial charge in [0.05, 0.1) is 0 Å². The molecule has 92 valence electrons. The van der Waals surface area contributed by atoms with Crippen LogP contribution in [0, 0.1) is 12.7 Å². The molecule has 17 heavy (non-hydrogen) atoms. The maximum absolute atomic E-state index is 15.1. The second-order valence-electron chi connectivity index (χ2n) is 5.47. The van der Waals surface area contributed by atoms with E-state index in [0.717, 1.165) is 18.4 Å². The van der Waals surface area contributed by atoms with Gasteiger partial charge in [-0.05, 0) is 43.0 Å². The van der Waals surface area contributed by atoms with Crippen molar-refractivity contribution in [2.45, 2.75) is 50.4 Å². The van der Waals surface area contributed by atoms with E-state index in [4.69, 9.17) is 0 Å². The Balaban J connectivity index is 1.99. The van der Waals surface area contributed by atoms with Gasteiger partial charge in [-0.15, -0.1) is 0 Å². The number of hydrogen-bond donors (Lipinski definition) is 1. The highest BCUT2D eigenvalue weighted by Gasteiger charge is 2.45. The molecule has 0 aliphatic carbocycles. The molecule has 2 heterocycles. The SMILES string of the molecule is Cc1ccc(F)cc1C1(F)CC2CCC(C1)N2. The first-order chi connectivity index (χ1) is 8.07. The molecule has 2 atom stereocenters. The number of nitrogens with one attached hydrogen (secondary N) is 1. The van der Waals surface area contributed by atoms with Gasteiger partial charge in [0.25, 0.3) is 0 Å². The lowest BCUT2D eigenvalue weighted by Crippen LogP contribution is -2.44. The second-order valence-corrected chi connectivity index (χ2v) is 5.47. The van der Waals surface area contributed by atoms with Gasteiger partial charge >= 0.3 is 0 Å². The van der Waals surface area contributed by atoms with Gasteiger partial charge in [-0.25, -0.2) is 8.78 Å². The lowest BCUT2D eigenvalue weighted by atomic mass is 9.81. The lowest BCUT2D eigenvalue weighted by Gasteiger charge is -2.36. The van der Waals surface area contributed by atoms with Crippen LogP contribution < -0.4 is 5.32 Å². The molecular weight excluding hydrogens is 220 g/mol. The number of aryl methyl sites for hydroxylation is 1. The van der Waals surface area contributed by atoms with E-state index in [9.17, 15) is 4.39 Å². The zero-order valence-corrected chi connectivity index (χ0v) is 9.97. The van der Waals surface area contributed by atoms with Crippen LogP contribution in [0.3, 0.4) is 0 Å². The van der Waals surface area contributed by atoms with Crippen LogP contribution >= 0.6 is 0 Å². The summed E-state index contributed by atoms with van der Waals surface area (Å²) in [5.74, 6) is -0.339. The molecule has 3 rings (SSSR count). The van der Waals surface area contributed by atoms with Crippen LogP contribution in [0.1, 0.15) is 36.8 Å². The summed E-state index contributed by atoms with van der Waals surface area (Å²) in [5, 5.41) is 3.42. The van der Waals surface area contributed by atoms with E-state index >= 15 is 4.39 Å². The average molecular weight is 237 g/mol. The van der Waals surface area contributed by atoms with Crippen molar-refractivity contribution in [2.75, 3.05) is 0 Å². The lowest BCUT2D eigenvalue weighted by molar-refractivity contribution is 0.0863. The van der Waals surface area contributed by atoms with Crippen molar-refractivity contribution in [1.82, 2.24) is 5.32 Å². The van der Waals surface area contributed by atoms with Crippen molar-refractivity contribution < 1.29 is 8.78 Å². The predicted molar refractivity (Wildman–Crippen MR) is 63.1 cm³/mol. The second kappa shape index (κ2) is 3.77. The van der Waals surface area contributed by atoms with Crippen molar-refractivity contribution >= 4 is 0 Å². The fourth-order valence-electron chi connectivity index (χ4n) is 3.39. The Morgan fingerprint density at radius 3 is 2.53 bits per heavy atom. The van der Waals surface area contributed by atoms with E-state index in [1.54, 1.807) is 6.07 Å². The molecule has 0 spiro atoms. The molecule has 2 fully saturated rings. The Labute approximate surface area is 100 Å². The molecule has 1 N–H and O–H groups in total. The molecule has 0 radical (unpaired) electrons. The van der Waals surface area contributed by atoms with Gasteiger partial charge in [-0.1, -0.05) is 6.07 Å². The molecule has 0 saturated carbocycles. The molecule has 2 aliphatic rings. The minimum absolute atomic E-state index is 0.265. The Bertz CT molecular complexity index is 432. The van der Waals surface area contributed by atoms with Crippen LogP contribution in [0.4, 0.5) is 8.78 Å². The summed E-state index contributed by atoms with van der Waals surface area (Å²) in [6, 6.07) is 4.98. The fraction of sp³-hybridized carbons (Fsp3) is 0.571. The van der Waals surface area contributed by atoms with Crippen molar-refractivity contribution in [3.05, 3.63) is 35.1 Å². The Morgan fingerprint density at radius 1 is 1.24 bits per heavy atom. The summed E-state index contributed by atoms with van der Waals surface area (Å²) in [6.45, 7) is 1.86. The zero-order valence-electron chi connectivity index (χ0n) is 9.97. The smallest absolute Gasteiger partial charge is 0.139 e. The summed E-state index contributed by atoms with van der Waals surface area (Å²) in [6.07, 6.45) is 3.05. The van der Waals surface area contributed by atoms with Crippen LogP contribution in [0.15, 0.2) is 18.2 Å². The van der Waals surface area contributed by atoms with E-state index in [1.807, 2.05) is 6.92 Å². The van der Waals surface area contributed by atoms with Crippen molar-refractivity contribution in [2.24, 2.45) is 0 Å². The molecule has 3 heteroatoms. The summed E-state index contributed by atoms with van der Waals surface area (Å²) in [7, 11) is 0. The van der Waals surface area contributed by atoms with Crippen LogP contribution in [0.5, 0.6) is 0 Å². The standard InChI is InChI=1S/C14H17F2N/c1-9-2-3-10(15)6-13(9)14(16)7-11-4-5-12(8-14)17-11/h2-3,6,11-12,17H,4-5,7-8H2,1H3. The first-order valence-electron chi connectivity index (χ1n) is 6.28. The van der Waals surface area contributed by atoms with E-state index in [1.165, 1.54) is 12.1 Å². The third kappa shape index (κ3) is 1.86. The van der Waals surface area contributed by atoms with Gasteiger partial charge in [0.15, 0.2) is 0 Å². The van der Waals surface area contributed by atoms with E-state index in [2.05, 4.69) is 5.32 Å². The largest absolute Gasteiger partial charge is 0.311 e. The first-order valence-corrected chi connectivity index (χ1v) is 6.28. The highest BCUT2D eigenvalue weighted by Crippen LogP contribution is 2.44. The number of benzene rings is 1. The molecule has 2 aliphatic heterocycles. The molecule has 0 amide bonds. The molecule has 1 nitrogen and oxygen atoms in total.